The van der Waals surface area contributed by atoms with E-state index < -0.39 is 15.9 Å². The van der Waals surface area contributed by atoms with Crippen molar-refractivity contribution in [2.24, 2.45) is 0 Å². The van der Waals surface area contributed by atoms with Gasteiger partial charge in [-0.2, -0.15) is 4.31 Å². The Labute approximate surface area is 140 Å². The third kappa shape index (κ3) is 3.44. The first-order valence-corrected chi connectivity index (χ1v) is 9.19. The molecule has 7 nitrogen and oxygen atoms in total. The van der Waals surface area contributed by atoms with Crippen LogP contribution in [-0.2, 0) is 10.0 Å². The average molecular weight is 346 g/mol. The Balaban J connectivity index is 1.91. The van der Waals surface area contributed by atoms with Crippen molar-refractivity contribution in [3.63, 3.8) is 0 Å². The van der Waals surface area contributed by atoms with Crippen LogP contribution >= 0.6 is 0 Å². The van der Waals surface area contributed by atoms with Gasteiger partial charge in [0.2, 0.25) is 10.0 Å². The number of nitrogens with zero attached hydrogens (tertiary/aromatic N) is 3. The fourth-order valence-electron chi connectivity index (χ4n) is 2.67. The van der Waals surface area contributed by atoms with Crippen LogP contribution in [-0.4, -0.2) is 41.7 Å². The zero-order valence-corrected chi connectivity index (χ0v) is 13.9. The van der Waals surface area contributed by atoms with Gasteiger partial charge in [-0.15, -0.1) is 0 Å². The topological polar surface area (TPSA) is 92.3 Å². The monoisotopic (exact) mass is 346 g/mol. The Morgan fingerprint density at radius 3 is 2.54 bits per heavy atom. The Hall–Kier alpha value is -2.32. The number of amides is 1. The molecule has 126 valence electrons. The summed E-state index contributed by atoms with van der Waals surface area (Å²) in [4.78, 5) is 20.4. The molecule has 2 heterocycles. The minimum absolute atomic E-state index is 0.0216. The van der Waals surface area contributed by atoms with Crippen LogP contribution in [0.5, 0.6) is 0 Å². The van der Waals surface area contributed by atoms with Gasteiger partial charge >= 0.3 is 0 Å². The summed E-state index contributed by atoms with van der Waals surface area (Å²) in [6.07, 6.45) is 7.05. The number of rotatable bonds is 4. The standard InChI is InChI=1S/C16H18N4O3S/c21-16(19-15-12-17-8-9-18-15)13-6-2-3-7-14(13)24(22,23)20-10-4-1-5-11-20/h2-3,6-9,12H,1,4-5,10-11H2,(H,18,19,21). The van der Waals surface area contributed by atoms with Crippen LogP contribution in [0.1, 0.15) is 29.6 Å². The van der Waals surface area contributed by atoms with Crippen molar-refractivity contribution in [3.8, 4) is 0 Å². The van der Waals surface area contributed by atoms with E-state index in [1.165, 1.54) is 35.0 Å². The molecule has 1 aromatic carbocycles. The van der Waals surface area contributed by atoms with Crippen LogP contribution in [0.3, 0.4) is 0 Å². The minimum Gasteiger partial charge on any atom is -0.305 e. The Bertz CT molecular complexity index is 818. The molecule has 0 radical (unpaired) electrons. The molecule has 1 fully saturated rings. The van der Waals surface area contributed by atoms with E-state index in [9.17, 15) is 13.2 Å². The maximum absolute atomic E-state index is 12.9. The second kappa shape index (κ2) is 7.06. The van der Waals surface area contributed by atoms with Gasteiger partial charge in [-0.3, -0.25) is 9.78 Å². The third-order valence-corrected chi connectivity index (χ3v) is 5.83. The normalized spacial score (nSPS) is 15.8. The molecule has 1 saturated heterocycles. The highest BCUT2D eigenvalue weighted by Gasteiger charge is 2.29. The zero-order chi connectivity index (χ0) is 17.0. The van der Waals surface area contributed by atoms with Crippen molar-refractivity contribution in [1.82, 2.24) is 14.3 Å². The Kier molecular flexibility index (Phi) is 4.86. The van der Waals surface area contributed by atoms with Gasteiger partial charge in [0, 0.05) is 25.5 Å². The fraction of sp³-hybridized carbons (Fsp3) is 0.312. The maximum atomic E-state index is 12.9. The van der Waals surface area contributed by atoms with Gasteiger partial charge in [0.15, 0.2) is 5.82 Å². The van der Waals surface area contributed by atoms with Gasteiger partial charge in [0.25, 0.3) is 5.91 Å². The first-order valence-electron chi connectivity index (χ1n) is 7.75. The van der Waals surface area contributed by atoms with Crippen molar-refractivity contribution in [1.29, 1.82) is 0 Å². The van der Waals surface area contributed by atoms with Gasteiger partial charge in [-0.05, 0) is 25.0 Å². The number of hydrogen-bond donors (Lipinski definition) is 1. The van der Waals surface area contributed by atoms with E-state index >= 15 is 0 Å². The van der Waals surface area contributed by atoms with E-state index in [0.29, 0.717) is 13.1 Å². The molecule has 0 spiro atoms. The quantitative estimate of drug-likeness (QED) is 0.913. The zero-order valence-electron chi connectivity index (χ0n) is 13.1. The second-order valence-corrected chi connectivity index (χ2v) is 7.41. The number of nitrogens with one attached hydrogen (secondary N) is 1. The van der Waals surface area contributed by atoms with Crippen molar-refractivity contribution in [3.05, 3.63) is 48.4 Å². The van der Waals surface area contributed by atoms with Gasteiger partial charge in [-0.1, -0.05) is 18.6 Å². The number of benzene rings is 1. The molecule has 2 aromatic rings. The second-order valence-electron chi connectivity index (χ2n) is 5.51. The maximum Gasteiger partial charge on any atom is 0.258 e. The molecule has 1 aliphatic heterocycles. The van der Waals surface area contributed by atoms with E-state index in [-0.39, 0.29) is 16.3 Å². The van der Waals surface area contributed by atoms with Crippen LogP contribution in [0, 0.1) is 0 Å². The summed E-state index contributed by atoms with van der Waals surface area (Å²) in [5.41, 5.74) is 0.105. The highest BCUT2D eigenvalue weighted by atomic mass is 32.2. The molecular weight excluding hydrogens is 328 g/mol. The van der Waals surface area contributed by atoms with E-state index in [2.05, 4.69) is 15.3 Å². The average Bonchev–Trinajstić information content (AvgIpc) is 2.63. The molecule has 1 N–H and O–H groups in total. The lowest BCUT2D eigenvalue weighted by Gasteiger charge is -2.26. The molecule has 0 aliphatic carbocycles. The number of piperidine rings is 1. The highest BCUT2D eigenvalue weighted by Crippen LogP contribution is 2.24. The van der Waals surface area contributed by atoms with Crippen molar-refractivity contribution < 1.29 is 13.2 Å². The summed E-state index contributed by atoms with van der Waals surface area (Å²) < 4.78 is 27.2. The number of hydrogen-bond acceptors (Lipinski definition) is 5. The molecule has 8 heteroatoms. The van der Waals surface area contributed by atoms with Crippen molar-refractivity contribution >= 4 is 21.7 Å². The summed E-state index contributed by atoms with van der Waals surface area (Å²) in [7, 11) is -3.69. The minimum atomic E-state index is -3.69. The largest absolute Gasteiger partial charge is 0.305 e. The molecular formula is C16H18N4O3S. The van der Waals surface area contributed by atoms with Crippen LogP contribution in [0.4, 0.5) is 5.82 Å². The van der Waals surface area contributed by atoms with Crippen LogP contribution in [0.25, 0.3) is 0 Å². The van der Waals surface area contributed by atoms with Crippen LogP contribution < -0.4 is 5.32 Å². The summed E-state index contributed by atoms with van der Waals surface area (Å²) in [6.45, 7) is 0.977. The van der Waals surface area contributed by atoms with Gasteiger partial charge in [0.1, 0.15) is 0 Å². The number of anilines is 1. The molecule has 0 unspecified atom stereocenters. The van der Waals surface area contributed by atoms with Gasteiger partial charge < -0.3 is 5.32 Å². The molecule has 3 rings (SSSR count). The fourth-order valence-corrected chi connectivity index (χ4v) is 4.38. The van der Waals surface area contributed by atoms with E-state index in [4.69, 9.17) is 0 Å². The molecule has 1 aliphatic rings. The molecule has 0 saturated carbocycles. The Morgan fingerprint density at radius 2 is 1.83 bits per heavy atom. The van der Waals surface area contributed by atoms with E-state index in [1.807, 2.05) is 0 Å². The summed E-state index contributed by atoms with van der Waals surface area (Å²) in [5.74, 6) is -0.251. The lowest BCUT2D eigenvalue weighted by atomic mass is 10.2. The van der Waals surface area contributed by atoms with Gasteiger partial charge in [0.05, 0.1) is 16.7 Å². The van der Waals surface area contributed by atoms with Gasteiger partial charge in [-0.25, -0.2) is 13.4 Å². The van der Waals surface area contributed by atoms with Crippen LogP contribution in [0.2, 0.25) is 0 Å². The molecule has 1 amide bonds. The molecule has 0 bridgehead atoms. The summed E-state index contributed by atoms with van der Waals surface area (Å²) in [5, 5.41) is 2.58. The first kappa shape index (κ1) is 16.5. The molecule has 24 heavy (non-hydrogen) atoms. The van der Waals surface area contributed by atoms with Crippen molar-refractivity contribution in [2.75, 3.05) is 18.4 Å². The molecule has 0 atom stereocenters. The molecule has 1 aromatic heterocycles. The summed E-state index contributed by atoms with van der Waals surface area (Å²) in [6, 6.07) is 6.23. The SMILES string of the molecule is O=C(Nc1cnccn1)c1ccccc1S(=O)(=O)N1CCCCC1. The highest BCUT2D eigenvalue weighted by molar-refractivity contribution is 7.89. The van der Waals surface area contributed by atoms with E-state index in [0.717, 1.165) is 19.3 Å². The predicted octanol–water partition coefficient (Wildman–Crippen LogP) is 1.90. The lowest BCUT2D eigenvalue weighted by Crippen LogP contribution is -2.36. The number of carbonyl (C=O) groups excluding carboxylic acids is 1. The number of carbonyl (C=O) groups is 1. The Morgan fingerprint density at radius 1 is 1.08 bits per heavy atom. The predicted molar refractivity (Wildman–Crippen MR) is 89.0 cm³/mol. The van der Waals surface area contributed by atoms with Crippen molar-refractivity contribution in [2.45, 2.75) is 24.2 Å². The first-order chi connectivity index (χ1) is 11.6. The smallest absolute Gasteiger partial charge is 0.258 e. The number of aromatic nitrogens is 2. The van der Waals surface area contributed by atoms with Crippen LogP contribution in [0.15, 0.2) is 47.8 Å². The third-order valence-electron chi connectivity index (χ3n) is 3.87. The lowest BCUT2D eigenvalue weighted by molar-refractivity contribution is 0.102. The summed E-state index contributed by atoms with van der Waals surface area (Å²) >= 11 is 0. The number of sulfonamides is 1. The van der Waals surface area contributed by atoms with E-state index in [1.54, 1.807) is 12.1 Å².